The fourth-order valence-electron chi connectivity index (χ4n) is 1.25. The van der Waals surface area contributed by atoms with Crippen molar-refractivity contribution in [3.63, 3.8) is 0 Å². The minimum absolute atomic E-state index is 0. The van der Waals surface area contributed by atoms with E-state index in [1.807, 2.05) is 49.4 Å². The summed E-state index contributed by atoms with van der Waals surface area (Å²) in [4.78, 5) is 4.41. The molecule has 2 N–H and O–H groups in total. The Hall–Kier alpha value is -1.06. The van der Waals surface area contributed by atoms with Crippen LogP contribution in [0.4, 0.5) is 0 Å². The van der Waals surface area contributed by atoms with Gasteiger partial charge < -0.3 is 15.2 Å². The second-order valence-electron chi connectivity index (χ2n) is 2.94. The van der Waals surface area contributed by atoms with E-state index in [1.165, 1.54) is 0 Å². The van der Waals surface area contributed by atoms with Crippen LogP contribution in [0.1, 0.15) is 5.69 Å². The van der Waals surface area contributed by atoms with Crippen LogP contribution in [0, 0.1) is 13.0 Å². The summed E-state index contributed by atoms with van der Waals surface area (Å²) in [7, 11) is 2.00. The van der Waals surface area contributed by atoms with Crippen molar-refractivity contribution in [1.82, 2.24) is 4.98 Å². The molecule has 2 rings (SSSR count). The van der Waals surface area contributed by atoms with E-state index in [-0.39, 0.29) is 20.1 Å². The number of hydrogen-bond donors (Lipinski definition) is 2. The van der Waals surface area contributed by atoms with E-state index in [4.69, 9.17) is 10.2 Å². The van der Waals surface area contributed by atoms with Crippen LogP contribution < -0.4 is 0 Å². The van der Waals surface area contributed by atoms with Gasteiger partial charge in [-0.25, -0.2) is 0 Å². The Balaban J connectivity index is 0. The number of aliphatic hydroxyl groups is 2. The maximum Gasteiger partial charge on any atom is 0.0319 e. The van der Waals surface area contributed by atoms with Gasteiger partial charge in [0.25, 0.3) is 0 Å². The fourth-order valence-corrected chi connectivity index (χ4v) is 1.25. The quantitative estimate of drug-likeness (QED) is 0.690. The summed E-state index contributed by atoms with van der Waals surface area (Å²) in [5.41, 5.74) is 3.07. The zero-order valence-corrected chi connectivity index (χ0v) is 13.1. The number of nitrogens with zero attached hydrogens (tertiary/aromatic N) is 1. The first-order valence-electron chi connectivity index (χ1n) is 5.16. The van der Waals surface area contributed by atoms with Crippen LogP contribution in [0.3, 0.4) is 0 Å². The second-order valence-corrected chi connectivity index (χ2v) is 2.94. The Labute approximate surface area is 122 Å². The van der Waals surface area contributed by atoms with Crippen LogP contribution >= 0.6 is 0 Å². The number of aliphatic hydroxyl groups excluding tert-OH is 2. The topological polar surface area (TPSA) is 53.4 Å². The van der Waals surface area contributed by atoms with Gasteiger partial charge in [0.1, 0.15) is 0 Å². The van der Waals surface area contributed by atoms with Crippen molar-refractivity contribution in [3.05, 3.63) is 54.2 Å². The van der Waals surface area contributed by atoms with Crippen molar-refractivity contribution in [2.45, 2.75) is 6.92 Å². The molecular formula is C14H18IrNO2-. The van der Waals surface area contributed by atoms with Crippen molar-refractivity contribution in [2.75, 3.05) is 14.2 Å². The average molecular weight is 425 g/mol. The molecule has 0 aliphatic heterocycles. The summed E-state index contributed by atoms with van der Waals surface area (Å²) in [6.07, 6.45) is 0. The van der Waals surface area contributed by atoms with Crippen LogP contribution in [0.15, 0.2) is 42.5 Å². The molecule has 0 spiro atoms. The minimum Gasteiger partial charge on any atom is -0.400 e. The summed E-state index contributed by atoms with van der Waals surface area (Å²) in [6, 6.07) is 17.0. The Morgan fingerprint density at radius 1 is 0.944 bits per heavy atom. The predicted molar refractivity (Wildman–Crippen MR) is 69.5 cm³/mol. The third-order valence-corrected chi connectivity index (χ3v) is 1.87. The molecule has 101 valence electrons. The van der Waals surface area contributed by atoms with Gasteiger partial charge in [0, 0.05) is 40.0 Å². The summed E-state index contributed by atoms with van der Waals surface area (Å²) in [6.45, 7) is 1.99. The molecule has 0 atom stereocenters. The Bertz CT molecular complexity index is 408. The zero-order chi connectivity index (χ0) is 13.1. The van der Waals surface area contributed by atoms with E-state index < -0.39 is 0 Å². The van der Waals surface area contributed by atoms with Crippen molar-refractivity contribution in [3.8, 4) is 11.3 Å². The molecule has 3 nitrogen and oxygen atoms in total. The fraction of sp³-hybridized carbons (Fsp3) is 0.214. The van der Waals surface area contributed by atoms with Crippen molar-refractivity contribution in [2.24, 2.45) is 0 Å². The van der Waals surface area contributed by atoms with Crippen LogP contribution in [0.25, 0.3) is 11.3 Å². The molecule has 0 saturated heterocycles. The molecule has 0 fully saturated rings. The molecule has 2 aromatic rings. The van der Waals surface area contributed by atoms with Crippen LogP contribution in [0.5, 0.6) is 0 Å². The smallest absolute Gasteiger partial charge is 0.0319 e. The Morgan fingerprint density at radius 2 is 1.61 bits per heavy atom. The van der Waals surface area contributed by atoms with Gasteiger partial charge >= 0.3 is 0 Å². The largest absolute Gasteiger partial charge is 0.400 e. The van der Waals surface area contributed by atoms with Crippen molar-refractivity contribution >= 4 is 0 Å². The number of hydrogen-bond acceptors (Lipinski definition) is 3. The molecule has 18 heavy (non-hydrogen) atoms. The first kappa shape index (κ1) is 19.3. The van der Waals surface area contributed by atoms with E-state index in [9.17, 15) is 0 Å². The molecule has 0 amide bonds. The summed E-state index contributed by atoms with van der Waals surface area (Å²) in [5, 5.41) is 14.0. The van der Waals surface area contributed by atoms with Crippen molar-refractivity contribution < 1.29 is 30.3 Å². The van der Waals surface area contributed by atoms with E-state index in [0.717, 1.165) is 31.2 Å². The number of aryl methyl sites for hydroxylation is 1. The molecule has 1 heterocycles. The number of benzene rings is 1. The van der Waals surface area contributed by atoms with E-state index in [1.54, 1.807) is 0 Å². The first-order valence-corrected chi connectivity index (χ1v) is 5.16. The van der Waals surface area contributed by atoms with Crippen LogP contribution in [0.2, 0.25) is 0 Å². The van der Waals surface area contributed by atoms with Crippen LogP contribution in [-0.2, 0) is 20.1 Å². The summed E-state index contributed by atoms with van der Waals surface area (Å²) >= 11 is 0. The molecule has 1 aromatic heterocycles. The van der Waals surface area contributed by atoms with Crippen molar-refractivity contribution in [1.29, 1.82) is 0 Å². The predicted octanol–water partition coefficient (Wildman–Crippen LogP) is 2.07. The average Bonchev–Trinajstić information content (AvgIpc) is 2.44. The molecule has 0 saturated carbocycles. The molecule has 0 aliphatic rings. The van der Waals surface area contributed by atoms with E-state index in [0.29, 0.717) is 0 Å². The van der Waals surface area contributed by atoms with E-state index >= 15 is 0 Å². The maximum absolute atomic E-state index is 7.00. The molecule has 1 aromatic carbocycles. The Morgan fingerprint density at radius 3 is 2.11 bits per heavy atom. The maximum atomic E-state index is 7.00. The van der Waals surface area contributed by atoms with Gasteiger partial charge in [-0.15, -0.1) is 35.9 Å². The van der Waals surface area contributed by atoms with Gasteiger partial charge in [-0.05, 0) is 18.7 Å². The van der Waals surface area contributed by atoms with Gasteiger partial charge in [-0.1, -0.05) is 12.1 Å². The van der Waals surface area contributed by atoms with Gasteiger partial charge in [0.2, 0.25) is 0 Å². The number of pyridine rings is 1. The monoisotopic (exact) mass is 425 g/mol. The third kappa shape index (κ3) is 6.62. The summed E-state index contributed by atoms with van der Waals surface area (Å²) < 4.78 is 0. The van der Waals surface area contributed by atoms with Gasteiger partial charge in [0.05, 0.1) is 0 Å². The van der Waals surface area contributed by atoms with E-state index in [2.05, 4.69) is 11.1 Å². The molecule has 0 bridgehead atoms. The van der Waals surface area contributed by atoms with Crippen LogP contribution in [-0.4, -0.2) is 29.4 Å². The summed E-state index contributed by atoms with van der Waals surface area (Å²) in [5.74, 6) is 0. The normalized spacial score (nSPS) is 7.83. The standard InChI is InChI=1S/C12H10N.2CH4O.Ir/c1-10-6-5-9-12(13-10)11-7-3-2-4-8-11;2*1-2;/h2-7,9H,1H3;2*2H,1H3;/q-1;;;. The van der Waals surface area contributed by atoms with Gasteiger partial charge in [-0.2, -0.15) is 0 Å². The second kappa shape index (κ2) is 12.4. The SMILES string of the molecule is CO.CO.Cc1cccc(-c2[c-]cccc2)n1.[Ir]. The third-order valence-electron chi connectivity index (χ3n) is 1.87. The number of aromatic nitrogens is 1. The molecule has 0 unspecified atom stereocenters. The Kier molecular flexibility index (Phi) is 13.3. The first-order chi connectivity index (χ1) is 8.36. The molecule has 1 radical (unpaired) electrons. The molecule has 4 heteroatoms. The zero-order valence-electron chi connectivity index (χ0n) is 10.7. The number of rotatable bonds is 1. The molecular weight excluding hydrogens is 406 g/mol. The van der Waals surface area contributed by atoms with Gasteiger partial charge in [0.15, 0.2) is 0 Å². The minimum atomic E-state index is 0. The molecule has 0 aliphatic carbocycles. The van der Waals surface area contributed by atoms with Gasteiger partial charge in [-0.3, -0.25) is 0 Å².